The third-order valence-electron chi connectivity index (χ3n) is 6.34. The van der Waals surface area contributed by atoms with E-state index < -0.39 is 10.1 Å². The molecule has 0 atom stereocenters. The normalized spacial score (nSPS) is 20.2. The first-order valence-corrected chi connectivity index (χ1v) is 12.0. The smallest absolute Gasteiger partial charge is 0.266 e. The summed E-state index contributed by atoms with van der Waals surface area (Å²) < 4.78 is 32.1. The van der Waals surface area contributed by atoms with Gasteiger partial charge in [0.1, 0.15) is 0 Å². The van der Waals surface area contributed by atoms with Gasteiger partial charge in [-0.1, -0.05) is 70.2 Å². The molecule has 31 heavy (non-hydrogen) atoms. The van der Waals surface area contributed by atoms with Gasteiger partial charge in [-0.05, 0) is 35.4 Å². The Morgan fingerprint density at radius 1 is 0.968 bits per heavy atom. The van der Waals surface area contributed by atoms with Gasteiger partial charge in [0.25, 0.3) is 10.1 Å². The molecule has 5 nitrogen and oxygen atoms in total. The molecule has 2 aromatic carbocycles. The average molecular weight is 437 g/mol. The standard InChI is InChI=1S/C25H28N2O3S/c1-24(2)18-10-5-7-12-20(18)26-22(24)14-9-15-23-25(3,4)19-11-6-8-13-21(19)27(23)16-17-31(28,29)30/h5-15H,16-17H2,1-4H3,(H,28,29,30)/b14-9+,23-15-. The Bertz CT molecular complexity index is 1220. The molecule has 2 aromatic rings. The largest absolute Gasteiger partial charge is 0.343 e. The van der Waals surface area contributed by atoms with E-state index in [9.17, 15) is 13.0 Å². The van der Waals surface area contributed by atoms with Crippen molar-refractivity contribution in [1.82, 2.24) is 0 Å². The number of anilines is 1. The third kappa shape index (κ3) is 3.86. The monoisotopic (exact) mass is 436 g/mol. The van der Waals surface area contributed by atoms with Gasteiger partial charge in [0.05, 0.1) is 17.2 Å². The molecule has 0 amide bonds. The van der Waals surface area contributed by atoms with Crippen LogP contribution in [-0.2, 0) is 20.9 Å². The Morgan fingerprint density at radius 2 is 1.61 bits per heavy atom. The Labute approximate surface area is 184 Å². The molecule has 4 rings (SSSR count). The zero-order valence-electron chi connectivity index (χ0n) is 18.3. The molecule has 2 heterocycles. The van der Waals surface area contributed by atoms with E-state index in [1.807, 2.05) is 59.5 Å². The van der Waals surface area contributed by atoms with Gasteiger partial charge in [-0.3, -0.25) is 9.55 Å². The van der Waals surface area contributed by atoms with Crippen molar-refractivity contribution in [2.45, 2.75) is 38.5 Å². The van der Waals surface area contributed by atoms with Crippen molar-refractivity contribution < 1.29 is 13.0 Å². The van der Waals surface area contributed by atoms with Crippen molar-refractivity contribution in [3.05, 3.63) is 83.6 Å². The summed E-state index contributed by atoms with van der Waals surface area (Å²) in [6.07, 6.45) is 6.06. The van der Waals surface area contributed by atoms with E-state index in [1.54, 1.807) is 0 Å². The van der Waals surface area contributed by atoms with E-state index in [4.69, 9.17) is 4.99 Å². The van der Waals surface area contributed by atoms with Crippen LogP contribution in [0, 0.1) is 0 Å². The highest BCUT2D eigenvalue weighted by Gasteiger charge is 2.40. The molecule has 0 bridgehead atoms. The minimum Gasteiger partial charge on any atom is -0.343 e. The Balaban J connectivity index is 1.68. The molecule has 1 N–H and O–H groups in total. The predicted octanol–water partition coefficient (Wildman–Crippen LogP) is 5.18. The van der Waals surface area contributed by atoms with Gasteiger partial charge in [0.2, 0.25) is 0 Å². The van der Waals surface area contributed by atoms with Gasteiger partial charge >= 0.3 is 0 Å². The summed E-state index contributed by atoms with van der Waals surface area (Å²) in [5.74, 6) is -0.326. The lowest BCUT2D eigenvalue weighted by atomic mass is 9.81. The first-order chi connectivity index (χ1) is 14.5. The lowest BCUT2D eigenvalue weighted by Gasteiger charge is -2.26. The van der Waals surface area contributed by atoms with Crippen molar-refractivity contribution in [1.29, 1.82) is 0 Å². The lowest BCUT2D eigenvalue weighted by molar-refractivity contribution is 0.482. The lowest BCUT2D eigenvalue weighted by Crippen LogP contribution is -2.30. The van der Waals surface area contributed by atoms with Crippen molar-refractivity contribution in [2.24, 2.45) is 4.99 Å². The van der Waals surface area contributed by atoms with Crippen molar-refractivity contribution >= 4 is 27.2 Å². The second-order valence-corrected chi connectivity index (χ2v) is 10.7. The van der Waals surface area contributed by atoms with Crippen LogP contribution in [0.5, 0.6) is 0 Å². The molecule has 0 fully saturated rings. The van der Waals surface area contributed by atoms with Crippen LogP contribution in [0.4, 0.5) is 11.4 Å². The van der Waals surface area contributed by atoms with Crippen molar-refractivity contribution in [2.75, 3.05) is 17.2 Å². The average Bonchev–Trinajstić information content (AvgIpc) is 3.08. The quantitative estimate of drug-likeness (QED) is 0.656. The van der Waals surface area contributed by atoms with Gasteiger partial charge in [-0.15, -0.1) is 0 Å². The molecule has 0 aliphatic carbocycles. The second-order valence-electron chi connectivity index (χ2n) is 9.13. The van der Waals surface area contributed by atoms with E-state index in [1.165, 1.54) is 5.56 Å². The summed E-state index contributed by atoms with van der Waals surface area (Å²) in [5, 5.41) is 0. The van der Waals surface area contributed by atoms with Crippen LogP contribution in [0.25, 0.3) is 0 Å². The van der Waals surface area contributed by atoms with Crippen LogP contribution in [0.15, 0.2) is 77.4 Å². The number of hydrogen-bond donors (Lipinski definition) is 1. The van der Waals surface area contributed by atoms with Crippen LogP contribution >= 0.6 is 0 Å². The van der Waals surface area contributed by atoms with E-state index in [-0.39, 0.29) is 23.1 Å². The maximum Gasteiger partial charge on any atom is 0.266 e. The summed E-state index contributed by atoms with van der Waals surface area (Å²) in [6.45, 7) is 8.79. The Morgan fingerprint density at radius 3 is 2.29 bits per heavy atom. The topological polar surface area (TPSA) is 70.0 Å². The number of hydrogen-bond acceptors (Lipinski definition) is 4. The Hall–Kier alpha value is -2.70. The van der Waals surface area contributed by atoms with Gasteiger partial charge < -0.3 is 4.90 Å². The molecular weight excluding hydrogens is 408 g/mol. The molecule has 0 spiro atoms. The first-order valence-electron chi connectivity index (χ1n) is 10.4. The summed E-state index contributed by atoms with van der Waals surface area (Å²) >= 11 is 0. The maximum atomic E-state index is 11.4. The fraction of sp³-hybridized carbons (Fsp3) is 0.320. The number of aliphatic imine (C=N–C) groups is 1. The van der Waals surface area contributed by atoms with Gasteiger partial charge in [-0.2, -0.15) is 8.42 Å². The molecule has 162 valence electrons. The van der Waals surface area contributed by atoms with Gasteiger partial charge in [-0.25, -0.2) is 0 Å². The molecular formula is C25H28N2O3S. The van der Waals surface area contributed by atoms with E-state index in [0.29, 0.717) is 0 Å². The van der Waals surface area contributed by atoms with Crippen molar-refractivity contribution in [3.8, 4) is 0 Å². The van der Waals surface area contributed by atoms with Crippen LogP contribution in [0.2, 0.25) is 0 Å². The van der Waals surface area contributed by atoms with Crippen LogP contribution in [0.3, 0.4) is 0 Å². The minimum atomic E-state index is -4.06. The number of benzene rings is 2. The highest BCUT2D eigenvalue weighted by Crippen LogP contribution is 2.47. The maximum absolute atomic E-state index is 11.4. The predicted molar refractivity (Wildman–Crippen MR) is 127 cm³/mol. The number of allylic oxidation sites excluding steroid dienone is 4. The molecule has 2 aliphatic heterocycles. The van der Waals surface area contributed by atoms with Gasteiger partial charge in [0, 0.05) is 28.8 Å². The summed E-state index contributed by atoms with van der Waals surface area (Å²) in [7, 11) is -4.06. The molecule has 6 heteroatoms. The first kappa shape index (κ1) is 21.5. The summed E-state index contributed by atoms with van der Waals surface area (Å²) in [4.78, 5) is 6.80. The second kappa shape index (κ2) is 7.46. The Kier molecular flexibility index (Phi) is 5.18. The SMILES string of the molecule is CC1(C)C(/C=C/C=C2\N(CCS(=O)(=O)O)c3ccccc3C2(C)C)=Nc2ccccc21. The molecule has 2 aliphatic rings. The fourth-order valence-corrected chi connectivity index (χ4v) is 4.98. The fourth-order valence-electron chi connectivity index (χ4n) is 4.57. The van der Waals surface area contributed by atoms with Crippen molar-refractivity contribution in [3.63, 3.8) is 0 Å². The number of nitrogens with zero attached hydrogens (tertiary/aromatic N) is 2. The summed E-state index contributed by atoms with van der Waals surface area (Å²) in [5.41, 5.74) is 5.83. The zero-order chi connectivity index (χ0) is 22.4. The molecule has 0 saturated carbocycles. The van der Waals surface area contributed by atoms with E-state index in [0.717, 1.165) is 28.3 Å². The molecule has 0 radical (unpaired) electrons. The zero-order valence-corrected chi connectivity index (χ0v) is 19.1. The van der Waals surface area contributed by atoms with Crippen LogP contribution < -0.4 is 4.90 Å². The van der Waals surface area contributed by atoms with Crippen LogP contribution in [-0.4, -0.2) is 31.0 Å². The highest BCUT2D eigenvalue weighted by molar-refractivity contribution is 7.85. The number of rotatable bonds is 5. The molecule has 0 aromatic heterocycles. The highest BCUT2D eigenvalue weighted by atomic mass is 32.2. The third-order valence-corrected chi connectivity index (χ3v) is 7.04. The van der Waals surface area contributed by atoms with E-state index >= 15 is 0 Å². The number of para-hydroxylation sites is 2. The van der Waals surface area contributed by atoms with Gasteiger partial charge in [0.15, 0.2) is 0 Å². The number of fused-ring (bicyclic) bond motifs is 2. The molecule has 0 unspecified atom stereocenters. The minimum absolute atomic E-state index is 0.176. The van der Waals surface area contributed by atoms with E-state index in [2.05, 4.69) is 39.8 Å². The molecule has 0 saturated heterocycles. The van der Waals surface area contributed by atoms with Crippen LogP contribution in [0.1, 0.15) is 38.8 Å². The summed E-state index contributed by atoms with van der Waals surface area (Å²) in [6, 6.07) is 16.2.